The van der Waals surface area contributed by atoms with E-state index in [9.17, 15) is 9.59 Å². The molecule has 160 valence electrons. The molecule has 6 rings (SSSR count). The van der Waals surface area contributed by atoms with Crippen LogP contribution < -0.4 is 0 Å². The Hall–Kier alpha value is -3.76. The summed E-state index contributed by atoms with van der Waals surface area (Å²) >= 11 is 1.53. The monoisotopic (exact) mass is 448 g/mol. The number of benzene rings is 3. The molecule has 3 aromatic carbocycles. The van der Waals surface area contributed by atoms with Crippen LogP contribution in [0.4, 0.5) is 0 Å². The first-order valence-electron chi connectivity index (χ1n) is 10.8. The highest BCUT2D eigenvalue weighted by atomic mass is 32.1. The molecule has 1 aliphatic rings. The second-order valence-electron chi connectivity index (χ2n) is 8.72. The number of rotatable bonds is 2. The predicted molar refractivity (Wildman–Crippen MR) is 134 cm³/mol. The van der Waals surface area contributed by atoms with Crippen LogP contribution in [-0.4, -0.2) is 11.6 Å². The third-order valence-corrected chi connectivity index (χ3v) is 7.31. The summed E-state index contributed by atoms with van der Waals surface area (Å²) in [5, 5.41) is 1.92. The Morgan fingerprint density at radius 3 is 1.97 bits per heavy atom. The van der Waals surface area contributed by atoms with Crippen LogP contribution in [0.5, 0.6) is 0 Å². The molecule has 0 unspecified atom stereocenters. The number of carbonyl (C=O) groups is 2. The Morgan fingerprint density at radius 2 is 1.39 bits per heavy atom. The Labute approximate surface area is 195 Å². The van der Waals surface area contributed by atoms with Gasteiger partial charge in [-0.2, -0.15) is 0 Å². The molecule has 3 nitrogen and oxygen atoms in total. The quantitative estimate of drug-likeness (QED) is 0.205. The van der Waals surface area contributed by atoms with Gasteiger partial charge in [0.2, 0.25) is 0 Å². The van der Waals surface area contributed by atoms with Crippen LogP contribution in [0.3, 0.4) is 0 Å². The first-order valence-corrected chi connectivity index (χ1v) is 11.7. The Balaban J connectivity index is 1.39. The van der Waals surface area contributed by atoms with Gasteiger partial charge in [0.1, 0.15) is 11.3 Å². The number of ketones is 2. The van der Waals surface area contributed by atoms with Crippen molar-refractivity contribution in [2.45, 2.75) is 20.8 Å². The Bertz CT molecular complexity index is 1570. The number of fused-ring (bicyclic) bond motifs is 3. The van der Waals surface area contributed by atoms with Crippen molar-refractivity contribution in [3.05, 3.63) is 98.9 Å². The third kappa shape index (κ3) is 3.10. The van der Waals surface area contributed by atoms with E-state index in [2.05, 4.69) is 32.9 Å². The van der Waals surface area contributed by atoms with E-state index in [4.69, 9.17) is 4.42 Å². The van der Waals surface area contributed by atoms with Gasteiger partial charge in [-0.25, -0.2) is 0 Å². The van der Waals surface area contributed by atoms with Crippen molar-refractivity contribution >= 4 is 50.0 Å². The summed E-state index contributed by atoms with van der Waals surface area (Å²) in [4.78, 5) is 26.9. The van der Waals surface area contributed by atoms with Crippen LogP contribution in [-0.2, 0) is 0 Å². The minimum Gasteiger partial charge on any atom is -0.455 e. The smallest absolute Gasteiger partial charge is 0.197 e. The molecule has 1 aliphatic carbocycles. The molecule has 0 bridgehead atoms. The largest absolute Gasteiger partial charge is 0.455 e. The molecule has 0 atom stereocenters. The van der Waals surface area contributed by atoms with Crippen LogP contribution in [0.1, 0.15) is 42.3 Å². The summed E-state index contributed by atoms with van der Waals surface area (Å²) < 4.78 is 7.18. The summed E-state index contributed by atoms with van der Waals surface area (Å²) in [5.74, 6) is 0.423. The summed E-state index contributed by atoms with van der Waals surface area (Å²) in [5.41, 5.74) is 6.67. The molecule has 0 radical (unpaired) electrons. The van der Waals surface area contributed by atoms with Gasteiger partial charge in [-0.05, 0) is 66.9 Å². The molecule has 0 N–H and O–H groups in total. The van der Waals surface area contributed by atoms with E-state index in [1.165, 1.54) is 28.0 Å². The Morgan fingerprint density at radius 1 is 0.788 bits per heavy atom. The van der Waals surface area contributed by atoms with Gasteiger partial charge in [-0.15, -0.1) is 11.3 Å². The van der Waals surface area contributed by atoms with E-state index in [1.54, 1.807) is 6.08 Å². The van der Waals surface area contributed by atoms with Crippen molar-refractivity contribution < 1.29 is 14.0 Å². The van der Waals surface area contributed by atoms with E-state index < -0.39 is 0 Å². The molecule has 2 aromatic heterocycles. The molecule has 0 saturated carbocycles. The number of thiophene rings is 1. The van der Waals surface area contributed by atoms with E-state index in [0.29, 0.717) is 11.1 Å². The average molecular weight is 449 g/mol. The first-order chi connectivity index (χ1) is 15.9. The average Bonchev–Trinajstić information content (AvgIpc) is 3.39. The van der Waals surface area contributed by atoms with Gasteiger partial charge < -0.3 is 4.42 Å². The number of hydrogen-bond acceptors (Lipinski definition) is 4. The number of hydrogen-bond donors (Lipinski definition) is 0. The van der Waals surface area contributed by atoms with Gasteiger partial charge in [0.05, 0.1) is 10.3 Å². The molecular weight excluding hydrogens is 428 g/mol. The predicted octanol–water partition coefficient (Wildman–Crippen LogP) is 7.70. The second-order valence-corrected chi connectivity index (χ2v) is 9.84. The van der Waals surface area contributed by atoms with E-state index in [-0.39, 0.29) is 17.1 Å². The lowest BCUT2D eigenvalue weighted by Gasteiger charge is -2.08. The molecule has 0 amide bonds. The van der Waals surface area contributed by atoms with Crippen LogP contribution >= 0.6 is 11.3 Å². The van der Waals surface area contributed by atoms with Crippen molar-refractivity contribution in [2.75, 3.05) is 0 Å². The van der Waals surface area contributed by atoms with Gasteiger partial charge in [0, 0.05) is 27.6 Å². The van der Waals surface area contributed by atoms with Gasteiger partial charge in [0.25, 0.3) is 0 Å². The normalized spacial score (nSPS) is 13.4. The van der Waals surface area contributed by atoms with Crippen molar-refractivity contribution in [1.82, 2.24) is 0 Å². The molecule has 0 fully saturated rings. The van der Waals surface area contributed by atoms with E-state index >= 15 is 0 Å². The Kier molecular flexibility index (Phi) is 4.29. The SMILES string of the molecule is Cc1cc(C)c(-c2cc3sc(C=C4C(=O)c5cc6ccccc6cc5C4=O)cc3o2)c(C)c1. The van der Waals surface area contributed by atoms with Crippen LogP contribution in [0.2, 0.25) is 0 Å². The number of aryl methyl sites for hydroxylation is 3. The van der Waals surface area contributed by atoms with Gasteiger partial charge in [-0.1, -0.05) is 42.0 Å². The molecule has 4 heteroatoms. The molecule has 33 heavy (non-hydrogen) atoms. The molecule has 0 saturated heterocycles. The van der Waals surface area contributed by atoms with Gasteiger partial charge in [0.15, 0.2) is 11.6 Å². The van der Waals surface area contributed by atoms with Crippen LogP contribution in [0.25, 0.3) is 38.5 Å². The van der Waals surface area contributed by atoms with E-state index in [1.807, 2.05) is 48.5 Å². The van der Waals surface area contributed by atoms with Crippen molar-refractivity contribution in [3.63, 3.8) is 0 Å². The zero-order valence-electron chi connectivity index (χ0n) is 18.5. The highest BCUT2D eigenvalue weighted by Crippen LogP contribution is 2.38. The lowest BCUT2D eigenvalue weighted by molar-refractivity contribution is 0.0990. The fourth-order valence-corrected chi connectivity index (χ4v) is 5.86. The highest BCUT2D eigenvalue weighted by molar-refractivity contribution is 7.19. The van der Waals surface area contributed by atoms with Crippen molar-refractivity contribution in [3.8, 4) is 11.3 Å². The highest BCUT2D eigenvalue weighted by Gasteiger charge is 2.33. The zero-order chi connectivity index (χ0) is 22.9. The number of Topliss-reactive ketones (excluding diaryl/α,β-unsaturated/α-hetero) is 2. The third-order valence-electron chi connectivity index (χ3n) is 6.30. The van der Waals surface area contributed by atoms with Crippen LogP contribution in [0.15, 0.2) is 70.7 Å². The number of carbonyl (C=O) groups excluding carboxylic acids is 2. The fraction of sp³-hybridized carbons (Fsp3) is 0.103. The van der Waals surface area contributed by atoms with Crippen molar-refractivity contribution in [1.29, 1.82) is 0 Å². The zero-order valence-corrected chi connectivity index (χ0v) is 19.3. The van der Waals surface area contributed by atoms with Crippen molar-refractivity contribution in [2.24, 2.45) is 0 Å². The lowest BCUT2D eigenvalue weighted by Crippen LogP contribution is -1.99. The van der Waals surface area contributed by atoms with Gasteiger partial charge >= 0.3 is 0 Å². The molecule has 0 spiro atoms. The molecule has 5 aromatic rings. The standard InChI is InChI=1S/C29H20O3S/c1-15-8-16(2)27(17(3)9-15)25-14-26-24(32-25)13-20(33-26)12-23-28(30)21-10-18-6-4-5-7-19(18)11-22(21)29(23)31/h4-14H,1-3H3. The summed E-state index contributed by atoms with van der Waals surface area (Å²) in [7, 11) is 0. The minimum atomic E-state index is -0.211. The summed E-state index contributed by atoms with van der Waals surface area (Å²) in [6, 6.07) is 19.7. The second kappa shape index (κ2) is 7.12. The fourth-order valence-electron chi connectivity index (χ4n) is 4.90. The number of furan rings is 1. The minimum absolute atomic E-state index is 0.211. The first kappa shape index (κ1) is 19.9. The molecule has 0 aliphatic heterocycles. The topological polar surface area (TPSA) is 47.3 Å². The summed E-state index contributed by atoms with van der Waals surface area (Å²) in [6.07, 6.45) is 1.71. The maximum Gasteiger partial charge on any atom is 0.197 e. The lowest BCUT2D eigenvalue weighted by atomic mass is 9.98. The van der Waals surface area contributed by atoms with Crippen LogP contribution in [0, 0.1) is 20.8 Å². The van der Waals surface area contributed by atoms with E-state index in [0.717, 1.165) is 37.3 Å². The van der Waals surface area contributed by atoms with Gasteiger partial charge in [-0.3, -0.25) is 9.59 Å². The maximum atomic E-state index is 13.0. The number of allylic oxidation sites excluding steroid dienone is 1. The molecule has 2 heterocycles. The maximum absolute atomic E-state index is 13.0. The molecular formula is C29H20O3S. The summed E-state index contributed by atoms with van der Waals surface area (Å²) in [6.45, 7) is 6.29.